The summed E-state index contributed by atoms with van der Waals surface area (Å²) in [4.78, 5) is 25.2. The molecular weight excluding hydrogens is 429 g/mol. The van der Waals surface area contributed by atoms with E-state index in [0.717, 1.165) is 31.0 Å². The molecule has 2 aromatic carbocycles. The number of hydrogen-bond donors (Lipinski definition) is 0. The van der Waals surface area contributed by atoms with Crippen LogP contribution >= 0.6 is 0 Å². The first-order chi connectivity index (χ1) is 15.2. The quantitative estimate of drug-likeness (QED) is 0.516. The van der Waals surface area contributed by atoms with Crippen LogP contribution in [-0.4, -0.2) is 42.5 Å². The highest BCUT2D eigenvalue weighted by molar-refractivity contribution is 6.06. The summed E-state index contributed by atoms with van der Waals surface area (Å²) in [6.07, 6.45) is -4.72. The minimum absolute atomic E-state index is 0.0327. The van der Waals surface area contributed by atoms with E-state index in [1.165, 1.54) is 6.07 Å². The number of nitrogens with zero attached hydrogens (tertiary/aromatic N) is 2. The lowest BCUT2D eigenvalue weighted by Gasteiger charge is -2.14. The molecule has 0 unspecified atom stereocenters. The lowest BCUT2D eigenvalue weighted by molar-refractivity contribution is -0.138. The van der Waals surface area contributed by atoms with Gasteiger partial charge in [-0.25, -0.2) is 14.3 Å². The average Bonchev–Trinajstić information content (AvgIpc) is 3.19. The number of hydrogen-bond acceptors (Lipinski definition) is 6. The molecule has 168 valence electrons. The Kier molecular flexibility index (Phi) is 6.52. The molecule has 0 saturated carbocycles. The van der Waals surface area contributed by atoms with Crippen molar-refractivity contribution in [3.63, 3.8) is 0 Å². The van der Waals surface area contributed by atoms with Gasteiger partial charge in [0.25, 0.3) is 0 Å². The standard InChI is InChI=1S/C22H19F3N2O5/c1-4-32-16-11-10-13(12-15(16)22(23,24)25)18-17(20(28)30-2)19(21(29)31-3)27(26-18)14-8-6-5-7-9-14/h5-12H,4H2,1-3H3. The van der Waals surface area contributed by atoms with Crippen LogP contribution in [0.2, 0.25) is 0 Å². The summed E-state index contributed by atoms with van der Waals surface area (Å²) >= 11 is 0. The molecule has 0 bridgehead atoms. The molecule has 1 heterocycles. The first kappa shape index (κ1) is 22.9. The molecule has 1 aromatic heterocycles. The molecular formula is C22H19F3N2O5. The molecule has 0 saturated heterocycles. The lowest BCUT2D eigenvalue weighted by Crippen LogP contribution is -2.15. The normalized spacial score (nSPS) is 11.2. The van der Waals surface area contributed by atoms with Gasteiger partial charge in [-0.1, -0.05) is 18.2 Å². The van der Waals surface area contributed by atoms with Gasteiger partial charge in [-0.15, -0.1) is 0 Å². The summed E-state index contributed by atoms with van der Waals surface area (Å²) in [6.45, 7) is 1.60. The molecule has 3 rings (SSSR count). The minimum Gasteiger partial charge on any atom is -0.493 e. The van der Waals surface area contributed by atoms with Crippen molar-refractivity contribution in [2.24, 2.45) is 0 Å². The number of carbonyl (C=O) groups excluding carboxylic acids is 2. The third-order valence-corrected chi connectivity index (χ3v) is 4.51. The van der Waals surface area contributed by atoms with E-state index in [1.54, 1.807) is 37.3 Å². The lowest BCUT2D eigenvalue weighted by atomic mass is 10.0. The van der Waals surface area contributed by atoms with Crippen molar-refractivity contribution in [1.29, 1.82) is 0 Å². The number of methoxy groups -OCH3 is 2. The number of para-hydroxylation sites is 1. The van der Waals surface area contributed by atoms with E-state index >= 15 is 0 Å². The molecule has 0 fully saturated rings. The number of aromatic nitrogens is 2. The van der Waals surface area contributed by atoms with E-state index in [4.69, 9.17) is 14.2 Å². The van der Waals surface area contributed by atoms with E-state index in [2.05, 4.69) is 5.10 Å². The maximum absolute atomic E-state index is 13.7. The number of ether oxygens (including phenoxy) is 3. The number of carbonyl (C=O) groups is 2. The Morgan fingerprint density at radius 3 is 2.22 bits per heavy atom. The molecule has 0 aliphatic heterocycles. The summed E-state index contributed by atoms with van der Waals surface area (Å²) in [6, 6.07) is 11.6. The van der Waals surface area contributed by atoms with Crippen LogP contribution in [0.25, 0.3) is 16.9 Å². The SMILES string of the molecule is CCOc1ccc(-c2nn(-c3ccccc3)c(C(=O)OC)c2C(=O)OC)cc1C(F)(F)F. The van der Waals surface area contributed by atoms with Crippen molar-refractivity contribution in [3.8, 4) is 22.7 Å². The maximum atomic E-state index is 13.7. The molecule has 0 radical (unpaired) electrons. The van der Waals surface area contributed by atoms with Gasteiger partial charge >= 0.3 is 18.1 Å². The van der Waals surface area contributed by atoms with Gasteiger partial charge in [0.05, 0.1) is 32.1 Å². The summed E-state index contributed by atoms with van der Waals surface area (Å²) in [7, 11) is 2.20. The zero-order valence-corrected chi connectivity index (χ0v) is 17.4. The Hall–Kier alpha value is -3.82. The second-order valence-corrected chi connectivity index (χ2v) is 6.44. The summed E-state index contributed by atoms with van der Waals surface area (Å²) in [5, 5.41) is 4.29. The molecule has 0 aliphatic carbocycles. The van der Waals surface area contributed by atoms with Crippen LogP contribution in [0.15, 0.2) is 48.5 Å². The van der Waals surface area contributed by atoms with E-state index in [9.17, 15) is 22.8 Å². The first-order valence-electron chi connectivity index (χ1n) is 9.42. The van der Waals surface area contributed by atoms with Crippen LogP contribution < -0.4 is 4.74 Å². The number of esters is 2. The van der Waals surface area contributed by atoms with Crippen LogP contribution in [-0.2, 0) is 15.7 Å². The fourth-order valence-electron chi connectivity index (χ4n) is 3.14. The molecule has 0 amide bonds. The van der Waals surface area contributed by atoms with Crippen molar-refractivity contribution in [2.45, 2.75) is 13.1 Å². The fraction of sp³-hybridized carbons (Fsp3) is 0.227. The first-order valence-corrected chi connectivity index (χ1v) is 9.42. The second kappa shape index (κ2) is 9.13. The minimum atomic E-state index is -4.72. The van der Waals surface area contributed by atoms with Crippen molar-refractivity contribution in [1.82, 2.24) is 9.78 Å². The smallest absolute Gasteiger partial charge is 0.419 e. The third kappa shape index (κ3) is 4.29. The van der Waals surface area contributed by atoms with Crippen molar-refractivity contribution in [3.05, 3.63) is 65.4 Å². The predicted molar refractivity (Wildman–Crippen MR) is 108 cm³/mol. The van der Waals surface area contributed by atoms with Gasteiger partial charge in [0, 0.05) is 5.56 Å². The Morgan fingerprint density at radius 2 is 1.66 bits per heavy atom. The second-order valence-electron chi connectivity index (χ2n) is 6.44. The molecule has 3 aromatic rings. The van der Waals surface area contributed by atoms with Crippen molar-refractivity contribution in [2.75, 3.05) is 20.8 Å². The van der Waals surface area contributed by atoms with Gasteiger partial charge in [-0.05, 0) is 37.3 Å². The molecule has 10 heteroatoms. The molecule has 0 N–H and O–H groups in total. The van der Waals surface area contributed by atoms with E-state index < -0.39 is 23.7 Å². The van der Waals surface area contributed by atoms with E-state index in [1.807, 2.05) is 0 Å². The Labute approximate surface area is 181 Å². The average molecular weight is 448 g/mol. The Morgan fingerprint density at radius 1 is 1.00 bits per heavy atom. The van der Waals surface area contributed by atoms with Gasteiger partial charge in [0.2, 0.25) is 0 Å². The molecule has 7 nitrogen and oxygen atoms in total. The van der Waals surface area contributed by atoms with Crippen LogP contribution in [0, 0.1) is 0 Å². The molecule has 32 heavy (non-hydrogen) atoms. The number of benzene rings is 2. The van der Waals surface area contributed by atoms with Crippen LogP contribution in [0.1, 0.15) is 33.3 Å². The van der Waals surface area contributed by atoms with Crippen molar-refractivity contribution >= 4 is 11.9 Å². The number of rotatable bonds is 6. The van der Waals surface area contributed by atoms with Gasteiger partial charge in [0.1, 0.15) is 17.0 Å². The highest BCUT2D eigenvalue weighted by atomic mass is 19.4. The highest BCUT2D eigenvalue weighted by Crippen LogP contribution is 2.40. The molecule has 0 atom stereocenters. The topological polar surface area (TPSA) is 79.7 Å². The zero-order chi connectivity index (χ0) is 23.5. The summed E-state index contributed by atoms with van der Waals surface area (Å²) < 4.78 is 56.8. The third-order valence-electron chi connectivity index (χ3n) is 4.51. The Bertz CT molecular complexity index is 1140. The predicted octanol–water partition coefficient (Wildman–Crippen LogP) is 4.53. The van der Waals surface area contributed by atoms with Gasteiger partial charge in [-0.2, -0.15) is 18.3 Å². The van der Waals surface area contributed by atoms with Crippen molar-refractivity contribution < 1.29 is 37.0 Å². The largest absolute Gasteiger partial charge is 0.493 e. The Balaban J connectivity index is 2.35. The monoisotopic (exact) mass is 448 g/mol. The van der Waals surface area contributed by atoms with Crippen LogP contribution in [0.3, 0.4) is 0 Å². The van der Waals surface area contributed by atoms with Crippen LogP contribution in [0.4, 0.5) is 13.2 Å². The van der Waals surface area contributed by atoms with E-state index in [0.29, 0.717) is 5.69 Å². The van der Waals surface area contributed by atoms with Crippen LogP contribution in [0.5, 0.6) is 5.75 Å². The zero-order valence-electron chi connectivity index (χ0n) is 17.4. The molecule has 0 spiro atoms. The number of alkyl halides is 3. The summed E-state index contributed by atoms with van der Waals surface area (Å²) in [5.74, 6) is -2.22. The van der Waals surface area contributed by atoms with Gasteiger partial charge in [0.15, 0.2) is 5.69 Å². The number of halogens is 3. The maximum Gasteiger partial charge on any atom is 0.419 e. The highest BCUT2D eigenvalue weighted by Gasteiger charge is 2.36. The fourth-order valence-corrected chi connectivity index (χ4v) is 3.14. The summed E-state index contributed by atoms with van der Waals surface area (Å²) in [5.41, 5.74) is -1.47. The van der Waals surface area contributed by atoms with E-state index in [-0.39, 0.29) is 34.9 Å². The van der Waals surface area contributed by atoms with Gasteiger partial charge in [-0.3, -0.25) is 0 Å². The van der Waals surface area contributed by atoms with Gasteiger partial charge < -0.3 is 14.2 Å². The molecule has 0 aliphatic rings.